The van der Waals surface area contributed by atoms with E-state index in [0.717, 1.165) is 75.4 Å². The molecule has 4 heteroatoms. The van der Waals surface area contributed by atoms with Gasteiger partial charge < -0.3 is 19.6 Å². The first kappa shape index (κ1) is 42.1. The summed E-state index contributed by atoms with van der Waals surface area (Å²) in [5.74, 6) is 0. The fraction of sp³-hybridized carbons (Fsp3) is 0.0303. The van der Waals surface area contributed by atoms with Crippen LogP contribution in [0.1, 0.15) is 17.5 Å². The van der Waals surface area contributed by atoms with Crippen LogP contribution in [-0.4, -0.2) is 0 Å². The summed E-state index contributed by atoms with van der Waals surface area (Å²) in [6.07, 6.45) is 6.70. The van der Waals surface area contributed by atoms with Gasteiger partial charge in [0, 0.05) is 67.9 Å². The van der Waals surface area contributed by atoms with Crippen molar-refractivity contribution in [2.24, 2.45) is 0 Å². The van der Waals surface area contributed by atoms with E-state index < -0.39 is 0 Å². The lowest BCUT2D eigenvalue weighted by Crippen LogP contribution is -2.14. The zero-order chi connectivity index (χ0) is 46.6. The van der Waals surface area contributed by atoms with Gasteiger partial charge in [0.05, 0.1) is 22.7 Å². The minimum absolute atomic E-state index is 1.01. The third-order valence-electron chi connectivity index (χ3n) is 13.3. The maximum atomic E-state index is 3.21. The van der Waals surface area contributed by atoms with Gasteiger partial charge in [-0.15, -0.1) is 0 Å². The Morgan fingerprint density at radius 1 is 0.300 bits per heavy atom. The van der Waals surface area contributed by atoms with Crippen molar-refractivity contribution in [1.29, 1.82) is 0 Å². The van der Waals surface area contributed by atoms with Gasteiger partial charge in [-0.3, -0.25) is 0 Å². The van der Waals surface area contributed by atoms with Gasteiger partial charge in [-0.1, -0.05) is 146 Å². The molecule has 0 N–H and O–H groups in total. The van der Waals surface area contributed by atoms with Crippen LogP contribution in [0.25, 0.3) is 27.6 Å². The van der Waals surface area contributed by atoms with Crippen molar-refractivity contribution in [1.82, 2.24) is 0 Å². The molecule has 0 aromatic heterocycles. The number of aryl methyl sites for hydroxylation is 1. The molecule has 0 fully saturated rings. The van der Waals surface area contributed by atoms with Crippen molar-refractivity contribution in [3.63, 3.8) is 0 Å². The second-order valence-electron chi connectivity index (χ2n) is 17.5. The summed E-state index contributed by atoms with van der Waals surface area (Å²) < 4.78 is 0. The van der Waals surface area contributed by atoms with E-state index in [1.807, 2.05) is 12.1 Å². The van der Waals surface area contributed by atoms with Crippen molar-refractivity contribution in [3.05, 3.63) is 284 Å². The fourth-order valence-corrected chi connectivity index (χ4v) is 10.1. The summed E-state index contributed by atoms with van der Waals surface area (Å²) >= 11 is 0. The molecule has 0 heterocycles. The predicted molar refractivity (Wildman–Crippen MR) is 295 cm³/mol. The lowest BCUT2D eigenvalue weighted by Gasteiger charge is -2.31. The molecule has 0 bridgehead atoms. The molecule has 0 unspecified atom stereocenters. The van der Waals surface area contributed by atoms with E-state index in [4.69, 9.17) is 0 Å². The number of nitrogens with zero attached hydrogens (tertiary/aromatic N) is 4. The van der Waals surface area contributed by atoms with E-state index >= 15 is 0 Å². The average molecular weight is 897 g/mol. The maximum absolute atomic E-state index is 3.21. The van der Waals surface area contributed by atoms with Crippen LogP contribution < -0.4 is 19.6 Å². The normalized spacial score (nSPS) is 11.7. The highest BCUT2D eigenvalue weighted by Crippen LogP contribution is 2.45. The van der Waals surface area contributed by atoms with Gasteiger partial charge in [0.2, 0.25) is 0 Å². The Balaban J connectivity index is 0.980. The largest absolute Gasteiger partial charge is 0.310 e. The molecule has 0 radical (unpaired) electrons. The van der Waals surface area contributed by atoms with E-state index in [1.54, 1.807) is 0 Å². The van der Waals surface area contributed by atoms with Crippen LogP contribution in [0.4, 0.5) is 68.2 Å². The quantitative estimate of drug-likeness (QED) is 0.121. The first-order valence-electron chi connectivity index (χ1n) is 24.0. The summed E-state index contributed by atoms with van der Waals surface area (Å²) in [5, 5.41) is 4.76. The lowest BCUT2D eigenvalue weighted by atomic mass is 9.95. The molecule has 0 amide bonds. The number of para-hydroxylation sites is 2. The molecular weight excluding hydrogens is 849 g/mol. The first-order chi connectivity index (χ1) is 34.7. The van der Waals surface area contributed by atoms with Crippen LogP contribution in [0.15, 0.2) is 261 Å². The van der Waals surface area contributed by atoms with Crippen molar-refractivity contribution in [3.8, 4) is 0 Å². The summed E-state index contributed by atoms with van der Waals surface area (Å²) in [5.41, 5.74) is 15.6. The molecule has 0 atom stereocenters. The van der Waals surface area contributed by atoms with Gasteiger partial charge >= 0.3 is 0 Å². The molecule has 70 heavy (non-hydrogen) atoms. The Morgan fingerprint density at radius 2 is 0.700 bits per heavy atom. The second kappa shape index (κ2) is 18.8. The molecule has 11 aromatic rings. The van der Waals surface area contributed by atoms with Gasteiger partial charge in [0.25, 0.3) is 0 Å². The Hall–Kier alpha value is -9.30. The van der Waals surface area contributed by atoms with E-state index in [0.29, 0.717) is 0 Å². The number of allylic oxidation sites excluding steroid dienone is 1. The van der Waals surface area contributed by atoms with E-state index in [-0.39, 0.29) is 0 Å². The average Bonchev–Trinajstić information content (AvgIpc) is 3.43. The van der Waals surface area contributed by atoms with Crippen LogP contribution in [0.3, 0.4) is 0 Å². The molecule has 1 aliphatic carbocycles. The van der Waals surface area contributed by atoms with Crippen LogP contribution in [0, 0.1) is 12.1 Å². The topological polar surface area (TPSA) is 13.0 Å². The number of hydrogen-bond acceptors (Lipinski definition) is 4. The lowest BCUT2D eigenvalue weighted by molar-refractivity contribution is 0.984. The van der Waals surface area contributed by atoms with E-state index in [2.05, 4.69) is 287 Å². The van der Waals surface area contributed by atoms with Crippen LogP contribution in [-0.2, 0) is 6.42 Å². The van der Waals surface area contributed by atoms with Crippen molar-refractivity contribution >= 4 is 95.9 Å². The number of fused-ring (bicyclic) bond motifs is 3. The third kappa shape index (κ3) is 8.06. The molecule has 0 spiro atoms. The standard InChI is InChI=1S/C66H48N4/c1-4-25-52(26-5-1)68(64-34-16-22-49-19-10-13-31-61(49)64)58-43-37-55(38-44-58)67(56-39-45-59(46-40-56)69(53-27-6-2-7-28-53)65-35-17-23-50-20-11-14-32-62(50)65)57-41-47-60(48-42-57)70(54-29-8-3-9-30-54)66-36-18-24-51-21-12-15-33-63(51)66/h1-2,4-8,10,12-19,21-48H,11,20H2. The molecule has 0 saturated carbocycles. The highest BCUT2D eigenvalue weighted by molar-refractivity contribution is 6.00. The van der Waals surface area contributed by atoms with Crippen molar-refractivity contribution in [2.75, 3.05) is 19.6 Å². The third-order valence-corrected chi connectivity index (χ3v) is 13.3. The van der Waals surface area contributed by atoms with Crippen molar-refractivity contribution in [2.45, 2.75) is 12.8 Å². The van der Waals surface area contributed by atoms with Crippen LogP contribution in [0.2, 0.25) is 0 Å². The maximum Gasteiger partial charge on any atom is 0.0551 e. The molecule has 1 aliphatic rings. The Kier molecular flexibility index (Phi) is 11.3. The molecule has 332 valence electrons. The van der Waals surface area contributed by atoms with Crippen LogP contribution >= 0.6 is 0 Å². The van der Waals surface area contributed by atoms with Gasteiger partial charge in [-0.2, -0.15) is 0 Å². The van der Waals surface area contributed by atoms with E-state index in [9.17, 15) is 0 Å². The molecule has 0 saturated heterocycles. The SMILES string of the molecule is c1ccc(N(c2ccc(N(c3ccc(N(c4ccccc4)c4cccc5c4C=CCC5)cc3)c3ccc(N(c4ccccc4)c4cccc5ccccc45)cc3)cc2)c2cccc3ccccc23)cc#1. The Morgan fingerprint density at radius 3 is 1.20 bits per heavy atom. The molecule has 0 aliphatic heterocycles. The van der Waals surface area contributed by atoms with Gasteiger partial charge in [-0.25, -0.2) is 0 Å². The number of anilines is 12. The fourth-order valence-electron chi connectivity index (χ4n) is 10.1. The summed E-state index contributed by atoms with van der Waals surface area (Å²) in [6, 6.07) is 97.5. The zero-order valence-corrected chi connectivity index (χ0v) is 38.6. The Labute approximate surface area is 410 Å². The Bertz CT molecular complexity index is 3410. The highest BCUT2D eigenvalue weighted by Gasteiger charge is 2.22. The van der Waals surface area contributed by atoms with Gasteiger partial charge in [0.1, 0.15) is 0 Å². The van der Waals surface area contributed by atoms with Crippen molar-refractivity contribution < 1.29 is 0 Å². The zero-order valence-electron chi connectivity index (χ0n) is 38.6. The van der Waals surface area contributed by atoms with Gasteiger partial charge in [0.15, 0.2) is 0 Å². The molecule has 12 rings (SSSR count). The van der Waals surface area contributed by atoms with Gasteiger partial charge in [-0.05, 0) is 157 Å². The minimum Gasteiger partial charge on any atom is -0.310 e. The van der Waals surface area contributed by atoms with E-state index in [1.165, 1.54) is 38.4 Å². The minimum atomic E-state index is 1.01. The highest BCUT2D eigenvalue weighted by atomic mass is 15.2. The molecule has 11 aromatic carbocycles. The molecular formula is C66H48N4. The second-order valence-corrected chi connectivity index (χ2v) is 17.5. The first-order valence-corrected chi connectivity index (χ1v) is 24.0. The number of hydrogen-bond donors (Lipinski definition) is 0. The van der Waals surface area contributed by atoms with Crippen LogP contribution in [0.5, 0.6) is 0 Å². The molecule has 4 nitrogen and oxygen atoms in total. The number of benzene rings is 10. The smallest absolute Gasteiger partial charge is 0.0551 e. The predicted octanol–water partition coefficient (Wildman–Crippen LogP) is 18.4. The number of rotatable bonds is 12. The summed E-state index contributed by atoms with van der Waals surface area (Å²) in [4.78, 5) is 9.41. The summed E-state index contributed by atoms with van der Waals surface area (Å²) in [6.45, 7) is 0. The summed E-state index contributed by atoms with van der Waals surface area (Å²) in [7, 11) is 0. The monoisotopic (exact) mass is 896 g/mol.